The van der Waals surface area contributed by atoms with Crippen molar-refractivity contribution < 1.29 is 13.6 Å². The fourth-order valence-corrected chi connectivity index (χ4v) is 2.44. The number of nitrogens with one attached hydrogen (secondary N) is 2. The lowest BCUT2D eigenvalue weighted by atomic mass is 10.3. The third-order valence-electron chi connectivity index (χ3n) is 3.31. The van der Waals surface area contributed by atoms with Gasteiger partial charge in [0.15, 0.2) is 10.6 Å². The molecule has 2 N–H and O–H groups in total. The summed E-state index contributed by atoms with van der Waals surface area (Å²) in [6, 6.07) is 2.31. The minimum absolute atomic E-state index is 0.0689. The van der Waals surface area contributed by atoms with Crippen molar-refractivity contribution in [1.29, 1.82) is 0 Å². The molecule has 0 saturated heterocycles. The molecule has 0 radical (unpaired) electrons. The average Bonchev–Trinajstić information content (AvgIpc) is 3.11. The summed E-state index contributed by atoms with van der Waals surface area (Å²) in [6.07, 6.45) is 2.28. The molecule has 0 atom stereocenters. The molecule has 20 heavy (non-hydrogen) atoms. The summed E-state index contributed by atoms with van der Waals surface area (Å²) in [5, 5.41) is 2.86. The third-order valence-corrected chi connectivity index (χ3v) is 3.63. The predicted molar refractivity (Wildman–Crippen MR) is 72.8 cm³/mol. The number of rotatable bonds is 4. The Morgan fingerprint density at radius 2 is 2.20 bits per heavy atom. The van der Waals surface area contributed by atoms with Crippen molar-refractivity contribution in [3.8, 4) is 0 Å². The number of halogens is 2. The fourth-order valence-electron chi connectivity index (χ4n) is 2.14. The van der Waals surface area contributed by atoms with Gasteiger partial charge >= 0.3 is 0 Å². The fraction of sp³-hybridized carbons (Fsp3) is 0.385. The third kappa shape index (κ3) is 2.58. The highest BCUT2D eigenvalue weighted by Crippen LogP contribution is 2.21. The molecule has 0 unspecified atom stereocenters. The Balaban J connectivity index is 1.84. The van der Waals surface area contributed by atoms with Crippen LogP contribution in [0.2, 0.25) is 0 Å². The lowest BCUT2D eigenvalue weighted by Gasteiger charge is -2.05. The number of fused-ring (bicyclic) bond motifs is 1. The van der Waals surface area contributed by atoms with Gasteiger partial charge in [0.05, 0.1) is 5.52 Å². The maximum atomic E-state index is 13.6. The summed E-state index contributed by atoms with van der Waals surface area (Å²) in [5.74, 6) is -1.42. The number of benzene rings is 1. The molecule has 1 heterocycles. The molecule has 2 aromatic rings. The lowest BCUT2D eigenvalue weighted by molar-refractivity contribution is -0.121. The molecule has 1 aliphatic rings. The Hall–Kier alpha value is -1.76. The molecule has 0 aliphatic heterocycles. The van der Waals surface area contributed by atoms with Crippen LogP contribution in [0, 0.1) is 16.4 Å². The predicted octanol–water partition coefficient (Wildman–Crippen LogP) is 2.65. The average molecular weight is 297 g/mol. The van der Waals surface area contributed by atoms with E-state index in [9.17, 15) is 13.6 Å². The first-order valence-electron chi connectivity index (χ1n) is 6.41. The molecule has 0 bridgehead atoms. The molecular weight excluding hydrogens is 284 g/mol. The van der Waals surface area contributed by atoms with E-state index >= 15 is 0 Å². The number of imidazole rings is 1. The highest BCUT2D eigenvalue weighted by Gasteiger charge is 2.23. The van der Waals surface area contributed by atoms with E-state index in [4.69, 9.17) is 12.2 Å². The number of hydrogen-bond donors (Lipinski definition) is 2. The summed E-state index contributed by atoms with van der Waals surface area (Å²) in [6.45, 7) is 0.292. The number of aryl methyl sites for hydroxylation is 1. The molecule has 106 valence electrons. The highest BCUT2D eigenvalue weighted by atomic mass is 32.1. The summed E-state index contributed by atoms with van der Waals surface area (Å²) < 4.78 is 28.7. The van der Waals surface area contributed by atoms with Crippen molar-refractivity contribution in [3.05, 3.63) is 28.5 Å². The van der Waals surface area contributed by atoms with Gasteiger partial charge in [0.2, 0.25) is 5.91 Å². The van der Waals surface area contributed by atoms with Gasteiger partial charge < -0.3 is 14.9 Å². The molecule has 4 nitrogen and oxygen atoms in total. The quantitative estimate of drug-likeness (QED) is 0.852. The topological polar surface area (TPSA) is 49.8 Å². The molecule has 0 spiro atoms. The molecule has 1 fully saturated rings. The molecule has 7 heteroatoms. The van der Waals surface area contributed by atoms with E-state index < -0.39 is 11.6 Å². The monoisotopic (exact) mass is 297 g/mol. The Morgan fingerprint density at radius 1 is 1.45 bits per heavy atom. The number of aromatic nitrogens is 2. The second kappa shape index (κ2) is 4.97. The van der Waals surface area contributed by atoms with Gasteiger partial charge in [0.25, 0.3) is 0 Å². The zero-order valence-electron chi connectivity index (χ0n) is 10.6. The van der Waals surface area contributed by atoms with Gasteiger partial charge in [-0.1, -0.05) is 0 Å². The number of H-pyrrole nitrogens is 1. The van der Waals surface area contributed by atoms with Crippen LogP contribution in [0.1, 0.15) is 19.3 Å². The van der Waals surface area contributed by atoms with Gasteiger partial charge in [-0.25, -0.2) is 8.78 Å². The van der Waals surface area contributed by atoms with E-state index in [0.29, 0.717) is 18.1 Å². The number of aromatic amines is 1. The van der Waals surface area contributed by atoms with Gasteiger partial charge in [-0.3, -0.25) is 4.79 Å². The highest BCUT2D eigenvalue weighted by molar-refractivity contribution is 7.71. The van der Waals surface area contributed by atoms with E-state index in [2.05, 4.69) is 10.3 Å². The Morgan fingerprint density at radius 3 is 2.90 bits per heavy atom. The van der Waals surface area contributed by atoms with Crippen LogP contribution in [0.15, 0.2) is 12.1 Å². The summed E-state index contributed by atoms with van der Waals surface area (Å²) >= 11 is 5.09. The second-order valence-electron chi connectivity index (χ2n) is 4.96. The molecule has 3 rings (SSSR count). The van der Waals surface area contributed by atoms with Crippen molar-refractivity contribution in [1.82, 2.24) is 14.9 Å². The second-order valence-corrected chi connectivity index (χ2v) is 5.34. The van der Waals surface area contributed by atoms with Crippen molar-refractivity contribution in [3.63, 3.8) is 0 Å². The van der Waals surface area contributed by atoms with Gasteiger partial charge in [0, 0.05) is 25.1 Å². The number of amides is 1. The molecule has 1 aliphatic carbocycles. The molecule has 1 aromatic heterocycles. The van der Waals surface area contributed by atoms with Crippen LogP contribution in [-0.2, 0) is 11.3 Å². The standard InChI is InChI=1S/C13H13F2N3OS/c14-7-5-9(15)12-10(6-7)18(13(20)17-12)4-3-11(19)16-8-1-2-8/h5-6,8H,1-4H2,(H,16,19)(H,17,20). The van der Waals surface area contributed by atoms with Gasteiger partial charge in [0.1, 0.15) is 11.3 Å². The zero-order chi connectivity index (χ0) is 14.3. The zero-order valence-corrected chi connectivity index (χ0v) is 11.4. The first-order chi connectivity index (χ1) is 9.54. The van der Waals surface area contributed by atoms with Crippen molar-refractivity contribution in [2.45, 2.75) is 31.8 Å². The van der Waals surface area contributed by atoms with E-state index in [1.54, 1.807) is 4.57 Å². The van der Waals surface area contributed by atoms with Crippen molar-refractivity contribution in [2.24, 2.45) is 0 Å². The van der Waals surface area contributed by atoms with Gasteiger partial charge in [-0.15, -0.1) is 0 Å². The maximum Gasteiger partial charge on any atom is 0.222 e. The minimum Gasteiger partial charge on any atom is -0.353 e. The molecule has 1 saturated carbocycles. The first kappa shape index (κ1) is 13.2. The Labute approximate surface area is 118 Å². The largest absolute Gasteiger partial charge is 0.353 e. The minimum atomic E-state index is -0.688. The molecular formula is C13H13F2N3OS. The lowest BCUT2D eigenvalue weighted by Crippen LogP contribution is -2.26. The van der Waals surface area contributed by atoms with Crippen LogP contribution >= 0.6 is 12.2 Å². The molecule has 1 amide bonds. The maximum absolute atomic E-state index is 13.6. The number of carbonyl (C=O) groups excluding carboxylic acids is 1. The SMILES string of the molecule is O=C(CCn1c(=S)[nH]c2c(F)cc(F)cc21)NC1CC1. The van der Waals surface area contributed by atoms with Crippen molar-refractivity contribution in [2.75, 3.05) is 0 Å². The van der Waals surface area contributed by atoms with Crippen LogP contribution in [0.3, 0.4) is 0 Å². The van der Waals surface area contributed by atoms with Crippen LogP contribution < -0.4 is 5.32 Å². The Bertz CT molecular complexity index is 733. The normalized spacial score (nSPS) is 14.7. The van der Waals surface area contributed by atoms with E-state index in [1.165, 1.54) is 6.07 Å². The summed E-state index contributed by atoms with van der Waals surface area (Å²) in [7, 11) is 0. The molecule has 1 aromatic carbocycles. The smallest absolute Gasteiger partial charge is 0.222 e. The van der Waals surface area contributed by atoms with E-state index in [-0.39, 0.29) is 22.6 Å². The summed E-state index contributed by atoms with van der Waals surface area (Å²) in [4.78, 5) is 14.4. The first-order valence-corrected chi connectivity index (χ1v) is 6.82. The van der Waals surface area contributed by atoms with Gasteiger partial charge in [-0.05, 0) is 31.1 Å². The van der Waals surface area contributed by atoms with E-state index in [1.807, 2.05) is 0 Å². The van der Waals surface area contributed by atoms with Crippen LogP contribution in [0.25, 0.3) is 11.0 Å². The number of nitrogens with zero attached hydrogens (tertiary/aromatic N) is 1. The summed E-state index contributed by atoms with van der Waals surface area (Å²) in [5.41, 5.74) is 0.505. The van der Waals surface area contributed by atoms with Crippen LogP contribution in [-0.4, -0.2) is 21.5 Å². The number of carbonyl (C=O) groups is 1. The van der Waals surface area contributed by atoms with Gasteiger partial charge in [-0.2, -0.15) is 0 Å². The van der Waals surface area contributed by atoms with Crippen LogP contribution in [0.5, 0.6) is 0 Å². The number of hydrogen-bond acceptors (Lipinski definition) is 2. The van der Waals surface area contributed by atoms with E-state index in [0.717, 1.165) is 18.9 Å². The van der Waals surface area contributed by atoms with Crippen molar-refractivity contribution >= 4 is 29.2 Å². The van der Waals surface area contributed by atoms with Crippen LogP contribution in [0.4, 0.5) is 8.78 Å². The Kier molecular flexibility index (Phi) is 3.29.